The van der Waals surface area contributed by atoms with Crippen LogP contribution in [0.5, 0.6) is 0 Å². The molecule has 8 heteroatoms. The zero-order chi connectivity index (χ0) is 17.2. The fraction of sp³-hybridized carbons (Fsp3) is 0.438. The first kappa shape index (κ1) is 16.5. The predicted molar refractivity (Wildman–Crippen MR) is 94.8 cm³/mol. The van der Waals surface area contributed by atoms with Crippen molar-refractivity contribution in [3.63, 3.8) is 0 Å². The van der Waals surface area contributed by atoms with Crippen molar-refractivity contribution in [3.05, 3.63) is 34.9 Å². The van der Waals surface area contributed by atoms with E-state index in [1.807, 2.05) is 0 Å². The predicted octanol–water partition coefficient (Wildman–Crippen LogP) is 2.76. The van der Waals surface area contributed by atoms with Crippen LogP contribution in [0.4, 0.5) is 0 Å². The number of hydrogen-bond donors (Lipinski definition) is 1. The van der Waals surface area contributed by atoms with Crippen molar-refractivity contribution in [2.45, 2.75) is 16.1 Å². The van der Waals surface area contributed by atoms with Crippen molar-refractivity contribution in [3.8, 4) is 0 Å². The summed E-state index contributed by atoms with van der Waals surface area (Å²) in [5.74, 6) is -1.53. The average Bonchev–Trinajstić information content (AvgIpc) is 3.16. The van der Waals surface area contributed by atoms with E-state index < -0.39 is 5.91 Å². The Morgan fingerprint density at radius 1 is 1.04 bits per heavy atom. The summed E-state index contributed by atoms with van der Waals surface area (Å²) in [6.07, 6.45) is 0.859. The van der Waals surface area contributed by atoms with E-state index in [0.717, 1.165) is 11.4 Å². The number of halogens is 3. The molecule has 1 N–H and O–H groups in total. The van der Waals surface area contributed by atoms with E-state index in [-0.39, 0.29) is 45.1 Å². The van der Waals surface area contributed by atoms with E-state index >= 15 is 0 Å². The van der Waals surface area contributed by atoms with E-state index in [9.17, 15) is 14.4 Å². The third-order valence-corrected chi connectivity index (χ3v) is 8.77. The minimum atomic E-state index is -0.494. The van der Waals surface area contributed by atoms with Crippen LogP contribution in [-0.4, -0.2) is 32.4 Å². The molecule has 6 atom stereocenters. The van der Waals surface area contributed by atoms with E-state index in [1.165, 1.54) is 0 Å². The van der Waals surface area contributed by atoms with Gasteiger partial charge in [-0.3, -0.25) is 19.8 Å². The number of carbonyl (C=O) groups is 3. The number of carbonyl (C=O) groups excluding carboxylic acids is 3. The summed E-state index contributed by atoms with van der Waals surface area (Å²) in [6, 6.07) is 6.28. The van der Waals surface area contributed by atoms with Gasteiger partial charge < -0.3 is 0 Å². The maximum atomic E-state index is 12.7. The average molecular weight is 477 g/mol. The molecule has 1 heterocycles. The highest BCUT2D eigenvalue weighted by Gasteiger charge is 2.66. The second kappa shape index (κ2) is 5.81. The lowest BCUT2D eigenvalue weighted by Crippen LogP contribution is -2.47. The SMILES string of the molecule is O=C(NN1C(=O)[C@H]2[C@@H]3C[C@@H]([C@@H](Br)[C@H]3Br)[C@@H]2C1=O)c1ccc(Cl)cc1. The summed E-state index contributed by atoms with van der Waals surface area (Å²) in [5, 5.41) is 1.42. The summed E-state index contributed by atoms with van der Waals surface area (Å²) < 4.78 is 0. The number of imide groups is 1. The molecule has 1 aliphatic heterocycles. The monoisotopic (exact) mass is 474 g/mol. The number of nitrogens with zero attached hydrogens (tertiary/aromatic N) is 1. The van der Waals surface area contributed by atoms with Gasteiger partial charge in [-0.15, -0.1) is 0 Å². The summed E-state index contributed by atoms with van der Waals surface area (Å²) in [6.45, 7) is 0. The minimum Gasteiger partial charge on any atom is -0.272 e. The second-order valence-corrected chi connectivity index (χ2v) is 9.01. The minimum absolute atomic E-state index is 0.123. The van der Waals surface area contributed by atoms with Crippen LogP contribution in [-0.2, 0) is 9.59 Å². The van der Waals surface area contributed by atoms with Crippen molar-refractivity contribution >= 4 is 61.2 Å². The molecule has 5 nitrogen and oxygen atoms in total. The van der Waals surface area contributed by atoms with E-state index in [0.29, 0.717) is 10.6 Å². The first-order valence-electron chi connectivity index (χ1n) is 7.62. The van der Waals surface area contributed by atoms with Crippen LogP contribution in [0.3, 0.4) is 0 Å². The maximum Gasteiger partial charge on any atom is 0.270 e. The van der Waals surface area contributed by atoms with Crippen LogP contribution in [0.1, 0.15) is 16.8 Å². The van der Waals surface area contributed by atoms with Crippen molar-refractivity contribution in [1.82, 2.24) is 10.4 Å². The molecule has 0 radical (unpaired) electrons. The number of amides is 3. The number of nitrogens with one attached hydrogen (secondary N) is 1. The number of fused-ring (bicyclic) bond motifs is 5. The van der Waals surface area contributed by atoms with Crippen molar-refractivity contribution < 1.29 is 14.4 Å². The van der Waals surface area contributed by atoms with Gasteiger partial charge in [-0.1, -0.05) is 43.5 Å². The molecule has 4 rings (SSSR count). The number of hydrogen-bond acceptors (Lipinski definition) is 3. The zero-order valence-corrected chi connectivity index (χ0v) is 16.2. The van der Waals surface area contributed by atoms with Crippen molar-refractivity contribution in [2.75, 3.05) is 0 Å². The van der Waals surface area contributed by atoms with Crippen LogP contribution < -0.4 is 5.43 Å². The molecule has 2 saturated carbocycles. The van der Waals surface area contributed by atoms with Gasteiger partial charge in [0.1, 0.15) is 0 Å². The van der Waals surface area contributed by atoms with E-state index in [1.54, 1.807) is 24.3 Å². The Kier molecular flexibility index (Phi) is 4.01. The zero-order valence-electron chi connectivity index (χ0n) is 12.3. The maximum absolute atomic E-state index is 12.7. The van der Waals surface area contributed by atoms with Gasteiger partial charge >= 0.3 is 0 Å². The van der Waals surface area contributed by atoms with Gasteiger partial charge in [0.25, 0.3) is 17.7 Å². The molecule has 2 aliphatic carbocycles. The standard InChI is InChI=1S/C16H13Br2ClN2O3/c17-12-8-5-9(13(12)18)11-10(8)15(23)21(16(11)24)20-14(22)6-1-3-7(19)4-2-6/h1-4,8-13H,5H2,(H,20,22)/t8-,9+,10-,11-,12-,13+/m0/s1. The molecule has 3 aliphatic rings. The molecule has 0 spiro atoms. The van der Waals surface area contributed by atoms with Crippen molar-refractivity contribution in [2.24, 2.45) is 23.7 Å². The van der Waals surface area contributed by atoms with Gasteiger partial charge in [-0.25, -0.2) is 0 Å². The van der Waals surface area contributed by atoms with E-state index in [2.05, 4.69) is 37.3 Å². The quantitative estimate of drug-likeness (QED) is 0.527. The Morgan fingerprint density at radius 3 is 2.04 bits per heavy atom. The molecule has 1 aromatic carbocycles. The molecule has 3 amide bonds. The molecule has 1 saturated heterocycles. The molecule has 126 valence electrons. The van der Waals surface area contributed by atoms with E-state index in [4.69, 9.17) is 11.6 Å². The highest BCUT2D eigenvalue weighted by Crippen LogP contribution is 2.59. The first-order valence-corrected chi connectivity index (χ1v) is 9.83. The number of hydrazine groups is 1. The first-order chi connectivity index (χ1) is 11.4. The summed E-state index contributed by atoms with van der Waals surface area (Å²) in [7, 11) is 0. The number of benzene rings is 1. The smallest absolute Gasteiger partial charge is 0.270 e. The normalized spacial score (nSPS) is 37.0. The molecule has 2 bridgehead atoms. The Labute approximate surface area is 160 Å². The topological polar surface area (TPSA) is 66.5 Å². The lowest BCUT2D eigenvalue weighted by Gasteiger charge is -2.28. The molecule has 24 heavy (non-hydrogen) atoms. The molecule has 0 unspecified atom stereocenters. The van der Waals surface area contributed by atoms with Crippen molar-refractivity contribution in [1.29, 1.82) is 0 Å². The Balaban J connectivity index is 1.55. The van der Waals surface area contributed by atoms with Gasteiger partial charge in [0, 0.05) is 20.2 Å². The van der Waals surface area contributed by atoms with Gasteiger partial charge in [0.15, 0.2) is 0 Å². The Hall–Kier alpha value is -0.920. The molecule has 1 aromatic rings. The lowest BCUT2D eigenvalue weighted by atomic mass is 9.81. The fourth-order valence-corrected chi connectivity index (χ4v) is 6.23. The molecular weight excluding hydrogens is 463 g/mol. The number of alkyl halides is 2. The van der Waals surface area contributed by atoms with Crippen LogP contribution in [0.15, 0.2) is 24.3 Å². The third kappa shape index (κ3) is 2.28. The summed E-state index contributed by atoms with van der Waals surface area (Å²) in [4.78, 5) is 38.0. The van der Waals surface area contributed by atoms with Gasteiger partial charge in [-0.2, -0.15) is 5.01 Å². The van der Waals surface area contributed by atoms with Gasteiger partial charge in [0.05, 0.1) is 11.8 Å². The Bertz CT molecular complexity index is 709. The molecular formula is C16H13Br2ClN2O3. The Morgan fingerprint density at radius 2 is 1.54 bits per heavy atom. The third-order valence-electron chi connectivity index (χ3n) is 5.31. The van der Waals surface area contributed by atoms with Crippen LogP contribution in [0.2, 0.25) is 5.02 Å². The highest BCUT2D eigenvalue weighted by atomic mass is 79.9. The number of rotatable bonds is 2. The van der Waals surface area contributed by atoms with Crippen LogP contribution in [0.25, 0.3) is 0 Å². The molecule has 0 aromatic heterocycles. The van der Waals surface area contributed by atoms with Gasteiger partial charge in [0.2, 0.25) is 0 Å². The summed E-state index contributed by atoms with van der Waals surface area (Å²) in [5.41, 5.74) is 2.81. The molecule has 3 fully saturated rings. The largest absolute Gasteiger partial charge is 0.272 e. The highest BCUT2D eigenvalue weighted by molar-refractivity contribution is 9.12. The second-order valence-electron chi connectivity index (χ2n) is 6.46. The fourth-order valence-electron chi connectivity index (χ4n) is 4.23. The van der Waals surface area contributed by atoms with Gasteiger partial charge in [-0.05, 0) is 42.5 Å². The van der Waals surface area contributed by atoms with Crippen LogP contribution in [0, 0.1) is 23.7 Å². The lowest BCUT2D eigenvalue weighted by molar-refractivity contribution is -0.143. The van der Waals surface area contributed by atoms with Crippen LogP contribution >= 0.6 is 43.5 Å². The summed E-state index contributed by atoms with van der Waals surface area (Å²) >= 11 is 13.1.